The number of piperidine rings is 1. The molecule has 1 aromatic rings. The van der Waals surface area contributed by atoms with Crippen molar-refractivity contribution < 1.29 is 19.0 Å². The molecule has 150 valence electrons. The monoisotopic (exact) mass is 376 g/mol. The Morgan fingerprint density at radius 3 is 2.48 bits per heavy atom. The summed E-state index contributed by atoms with van der Waals surface area (Å²) in [6, 6.07) is 4.05. The molecule has 1 amide bonds. The summed E-state index contributed by atoms with van der Waals surface area (Å²) < 4.78 is 16.3. The fourth-order valence-electron chi connectivity index (χ4n) is 4.74. The number of methoxy groups -OCH3 is 3. The van der Waals surface area contributed by atoms with Gasteiger partial charge in [0, 0.05) is 37.9 Å². The number of rotatable bonds is 7. The Bertz CT molecular complexity index is 678. The zero-order chi connectivity index (χ0) is 19.4. The highest BCUT2D eigenvalue weighted by atomic mass is 16.5. The van der Waals surface area contributed by atoms with Gasteiger partial charge in [-0.2, -0.15) is 0 Å². The van der Waals surface area contributed by atoms with E-state index >= 15 is 0 Å². The van der Waals surface area contributed by atoms with E-state index in [1.165, 1.54) is 0 Å². The number of likely N-dealkylation sites (tertiary alicyclic amines) is 2. The second-order valence-electron chi connectivity index (χ2n) is 7.53. The number of hydrogen-bond donors (Lipinski definition) is 0. The van der Waals surface area contributed by atoms with Gasteiger partial charge in [0.1, 0.15) is 17.0 Å². The second kappa shape index (κ2) is 8.48. The zero-order valence-electron chi connectivity index (χ0n) is 17.0. The number of hydrogen-bond acceptors (Lipinski definition) is 5. The molecule has 3 rings (SSSR count). The van der Waals surface area contributed by atoms with Gasteiger partial charge in [0.2, 0.25) is 5.91 Å². The zero-order valence-corrected chi connectivity index (χ0v) is 17.0. The number of benzene rings is 1. The van der Waals surface area contributed by atoms with Gasteiger partial charge in [-0.15, -0.1) is 0 Å². The molecule has 0 aliphatic carbocycles. The van der Waals surface area contributed by atoms with E-state index in [0.717, 1.165) is 67.9 Å². The average Bonchev–Trinajstić information content (AvgIpc) is 3.06. The van der Waals surface area contributed by atoms with Crippen LogP contribution in [0.1, 0.15) is 36.8 Å². The van der Waals surface area contributed by atoms with Crippen LogP contribution in [-0.2, 0) is 16.1 Å². The Morgan fingerprint density at radius 2 is 1.81 bits per heavy atom. The molecule has 27 heavy (non-hydrogen) atoms. The normalized spacial score (nSPS) is 23.3. The Balaban J connectivity index is 1.85. The third-order valence-electron chi connectivity index (χ3n) is 6.12. The smallest absolute Gasteiger partial charge is 0.243 e. The first-order valence-corrected chi connectivity index (χ1v) is 9.81. The predicted molar refractivity (Wildman–Crippen MR) is 104 cm³/mol. The molecule has 1 spiro atoms. The third-order valence-corrected chi connectivity index (χ3v) is 6.12. The molecule has 0 bridgehead atoms. The van der Waals surface area contributed by atoms with Crippen LogP contribution in [0.3, 0.4) is 0 Å². The highest BCUT2D eigenvalue weighted by molar-refractivity contribution is 5.87. The van der Waals surface area contributed by atoms with Crippen LogP contribution in [0.4, 0.5) is 0 Å². The van der Waals surface area contributed by atoms with Crippen LogP contribution >= 0.6 is 0 Å². The summed E-state index contributed by atoms with van der Waals surface area (Å²) in [5.41, 5.74) is 1.74. The van der Waals surface area contributed by atoms with Gasteiger partial charge in [0.15, 0.2) is 0 Å². The number of carbonyl (C=O) groups is 1. The van der Waals surface area contributed by atoms with E-state index in [4.69, 9.17) is 14.2 Å². The number of amides is 1. The first-order chi connectivity index (χ1) is 13.1. The van der Waals surface area contributed by atoms with Crippen LogP contribution < -0.4 is 9.47 Å². The highest BCUT2D eigenvalue weighted by Crippen LogP contribution is 2.41. The first-order valence-electron chi connectivity index (χ1n) is 9.81. The summed E-state index contributed by atoms with van der Waals surface area (Å²) in [4.78, 5) is 17.7. The molecule has 1 unspecified atom stereocenters. The maximum atomic E-state index is 13.4. The molecule has 1 atom stereocenters. The Kier molecular flexibility index (Phi) is 6.27. The van der Waals surface area contributed by atoms with Gasteiger partial charge in [-0.05, 0) is 45.2 Å². The number of ether oxygens (including phenoxy) is 3. The lowest BCUT2D eigenvalue weighted by Crippen LogP contribution is -2.60. The molecule has 6 heteroatoms. The van der Waals surface area contributed by atoms with Crippen LogP contribution in [0.5, 0.6) is 11.5 Å². The van der Waals surface area contributed by atoms with Gasteiger partial charge in [-0.1, -0.05) is 6.07 Å². The molecule has 2 aliphatic rings. The molecule has 0 saturated carbocycles. The minimum Gasteiger partial charge on any atom is -0.496 e. The molecular weight excluding hydrogens is 344 g/mol. The lowest BCUT2D eigenvalue weighted by Gasteiger charge is -2.44. The molecule has 0 radical (unpaired) electrons. The van der Waals surface area contributed by atoms with Crippen molar-refractivity contribution in [3.8, 4) is 11.5 Å². The SMILES string of the molecule is COCCN1CCCC2(CCCN2Cc2ccc(OC)c(C)c2OC)C1=O. The molecule has 6 nitrogen and oxygen atoms in total. The Morgan fingerprint density at radius 1 is 1.07 bits per heavy atom. The van der Waals surface area contributed by atoms with Gasteiger partial charge < -0.3 is 19.1 Å². The summed E-state index contributed by atoms with van der Waals surface area (Å²) in [7, 11) is 5.06. The van der Waals surface area contributed by atoms with E-state index in [1.807, 2.05) is 17.9 Å². The van der Waals surface area contributed by atoms with Crippen molar-refractivity contribution in [2.45, 2.75) is 44.7 Å². The van der Waals surface area contributed by atoms with Crippen LogP contribution in [0.2, 0.25) is 0 Å². The van der Waals surface area contributed by atoms with Crippen LogP contribution in [0.25, 0.3) is 0 Å². The van der Waals surface area contributed by atoms with Gasteiger partial charge in [-0.25, -0.2) is 0 Å². The summed E-state index contributed by atoms with van der Waals surface area (Å²) in [5.74, 6) is 1.95. The van der Waals surface area contributed by atoms with Crippen molar-refractivity contribution in [1.29, 1.82) is 0 Å². The quantitative estimate of drug-likeness (QED) is 0.732. The molecule has 2 fully saturated rings. The predicted octanol–water partition coefficient (Wildman–Crippen LogP) is 2.62. The van der Waals surface area contributed by atoms with Gasteiger partial charge in [-0.3, -0.25) is 9.69 Å². The summed E-state index contributed by atoms with van der Waals surface area (Å²) in [5, 5.41) is 0. The highest BCUT2D eigenvalue weighted by Gasteiger charge is 2.50. The van der Waals surface area contributed by atoms with E-state index in [2.05, 4.69) is 11.0 Å². The molecule has 2 heterocycles. The van der Waals surface area contributed by atoms with Crippen LogP contribution in [-0.4, -0.2) is 68.8 Å². The minimum absolute atomic E-state index is 0.271. The van der Waals surface area contributed by atoms with Crippen molar-refractivity contribution in [2.24, 2.45) is 0 Å². The van der Waals surface area contributed by atoms with E-state index in [9.17, 15) is 4.79 Å². The fraction of sp³-hybridized carbons (Fsp3) is 0.667. The van der Waals surface area contributed by atoms with Gasteiger partial charge in [0.05, 0.1) is 20.8 Å². The maximum absolute atomic E-state index is 13.4. The van der Waals surface area contributed by atoms with Crippen molar-refractivity contribution in [2.75, 3.05) is 47.6 Å². The van der Waals surface area contributed by atoms with Crippen LogP contribution in [0.15, 0.2) is 12.1 Å². The molecule has 1 aromatic carbocycles. The molecule has 0 N–H and O–H groups in total. The van der Waals surface area contributed by atoms with E-state index < -0.39 is 0 Å². The van der Waals surface area contributed by atoms with E-state index in [1.54, 1.807) is 21.3 Å². The van der Waals surface area contributed by atoms with Crippen molar-refractivity contribution >= 4 is 5.91 Å². The largest absolute Gasteiger partial charge is 0.496 e. The molecule has 0 aromatic heterocycles. The van der Waals surface area contributed by atoms with Crippen LogP contribution in [0, 0.1) is 6.92 Å². The Hall–Kier alpha value is -1.79. The molecule has 2 aliphatic heterocycles. The average molecular weight is 376 g/mol. The maximum Gasteiger partial charge on any atom is 0.243 e. The summed E-state index contributed by atoms with van der Waals surface area (Å²) in [6.07, 6.45) is 3.98. The number of nitrogens with zero attached hydrogens (tertiary/aromatic N) is 2. The van der Waals surface area contributed by atoms with E-state index in [0.29, 0.717) is 13.2 Å². The van der Waals surface area contributed by atoms with Crippen molar-refractivity contribution in [3.05, 3.63) is 23.3 Å². The fourth-order valence-corrected chi connectivity index (χ4v) is 4.74. The summed E-state index contributed by atoms with van der Waals surface area (Å²) in [6.45, 7) is 5.78. The number of carbonyl (C=O) groups excluding carboxylic acids is 1. The topological polar surface area (TPSA) is 51.2 Å². The first kappa shape index (κ1) is 20.0. The summed E-state index contributed by atoms with van der Waals surface area (Å²) >= 11 is 0. The molecule has 2 saturated heterocycles. The minimum atomic E-state index is -0.370. The second-order valence-corrected chi connectivity index (χ2v) is 7.53. The molecular formula is C21H32N2O4. The third kappa shape index (κ3) is 3.65. The van der Waals surface area contributed by atoms with Crippen molar-refractivity contribution in [1.82, 2.24) is 9.80 Å². The Labute approximate surface area is 162 Å². The van der Waals surface area contributed by atoms with Crippen molar-refractivity contribution in [3.63, 3.8) is 0 Å². The van der Waals surface area contributed by atoms with Gasteiger partial charge >= 0.3 is 0 Å². The lowest BCUT2D eigenvalue weighted by atomic mass is 9.85. The van der Waals surface area contributed by atoms with E-state index in [-0.39, 0.29) is 11.4 Å². The lowest BCUT2D eigenvalue weighted by molar-refractivity contribution is -0.148. The standard InChI is InChI=1S/C21H32N2O4/c1-16-18(26-3)8-7-17(19(16)27-4)15-23-12-6-10-21(23)9-5-11-22(20(21)24)13-14-25-2/h7-8H,5-6,9-15H2,1-4H3. The van der Waals surface area contributed by atoms with Gasteiger partial charge in [0.25, 0.3) is 0 Å².